The highest BCUT2D eigenvalue weighted by molar-refractivity contribution is 9.10. The van der Waals surface area contributed by atoms with E-state index >= 15 is 0 Å². The maximum atomic E-state index is 12.2. The number of fused-ring (bicyclic) bond motifs is 1. The monoisotopic (exact) mass is 467 g/mol. The summed E-state index contributed by atoms with van der Waals surface area (Å²) >= 11 is 3.61. The molecule has 0 spiro atoms. The van der Waals surface area contributed by atoms with Crippen LogP contribution in [0.25, 0.3) is 0 Å². The van der Waals surface area contributed by atoms with Gasteiger partial charge >= 0.3 is 5.97 Å². The molecule has 0 radical (unpaired) electrons. The van der Waals surface area contributed by atoms with Crippen LogP contribution in [-0.2, 0) is 20.9 Å². The first-order valence-corrected chi connectivity index (χ1v) is 11.3. The Kier molecular flexibility index (Phi) is 4.98. The number of nitrogens with zero attached hydrogens (tertiary/aromatic N) is 1. The molecule has 0 amide bonds. The molecule has 3 aliphatic carbocycles. The number of esters is 1. The number of ether oxygens (including phenoxy) is 2. The van der Waals surface area contributed by atoms with Gasteiger partial charge in [-0.3, -0.25) is 9.69 Å². The molecule has 0 unspecified atom stereocenters. The van der Waals surface area contributed by atoms with Crippen molar-refractivity contribution in [3.63, 3.8) is 0 Å². The van der Waals surface area contributed by atoms with Gasteiger partial charge in [0.15, 0.2) is 0 Å². The van der Waals surface area contributed by atoms with Crippen LogP contribution in [-0.4, -0.2) is 37.6 Å². The molecule has 0 aromatic heterocycles. The lowest BCUT2D eigenvalue weighted by Crippen LogP contribution is -2.41. The number of allylic oxidation sites excluding steroid dienone is 3. The Balaban J connectivity index is 1.34. The van der Waals surface area contributed by atoms with E-state index in [1.807, 2.05) is 0 Å². The maximum Gasteiger partial charge on any atom is 0.313 e. The lowest BCUT2D eigenvalue weighted by molar-refractivity contribution is -0.147. The minimum atomic E-state index is -0.293. The summed E-state index contributed by atoms with van der Waals surface area (Å²) in [6.45, 7) is 5.21. The van der Waals surface area contributed by atoms with E-state index < -0.39 is 0 Å². The molecule has 1 aliphatic heterocycles. The summed E-state index contributed by atoms with van der Waals surface area (Å²) in [6, 6.07) is 6.23. The molecule has 1 heterocycles. The van der Waals surface area contributed by atoms with Crippen LogP contribution < -0.4 is 0 Å². The van der Waals surface area contributed by atoms with E-state index in [9.17, 15) is 4.79 Å². The van der Waals surface area contributed by atoms with E-state index in [1.165, 1.54) is 40.5 Å². The van der Waals surface area contributed by atoms with Crippen molar-refractivity contribution in [1.82, 2.24) is 4.90 Å². The number of hydrogen-bond acceptors (Lipinski definition) is 4. The fourth-order valence-electron chi connectivity index (χ4n) is 4.75. The van der Waals surface area contributed by atoms with Gasteiger partial charge in [0.1, 0.15) is 12.4 Å². The molecule has 156 valence electrons. The second kappa shape index (κ2) is 7.54. The zero-order valence-electron chi connectivity index (χ0n) is 17.5. The number of methoxy groups -OCH3 is 1. The maximum absolute atomic E-state index is 12.2. The molecule has 0 saturated heterocycles. The first-order valence-electron chi connectivity index (χ1n) is 10.5. The van der Waals surface area contributed by atoms with E-state index in [1.54, 1.807) is 0 Å². The highest BCUT2D eigenvalue weighted by Crippen LogP contribution is 2.48. The topological polar surface area (TPSA) is 38.8 Å². The van der Waals surface area contributed by atoms with Crippen LogP contribution in [0.3, 0.4) is 0 Å². The lowest BCUT2D eigenvalue weighted by Gasteiger charge is -2.37. The van der Waals surface area contributed by atoms with Crippen molar-refractivity contribution in [3.05, 3.63) is 80.1 Å². The molecule has 1 aromatic carbocycles. The highest BCUT2D eigenvalue weighted by Gasteiger charge is 2.52. The van der Waals surface area contributed by atoms with Crippen LogP contribution in [0.1, 0.15) is 30.4 Å². The van der Waals surface area contributed by atoms with E-state index in [2.05, 4.69) is 64.2 Å². The van der Waals surface area contributed by atoms with Crippen molar-refractivity contribution >= 4 is 21.9 Å². The van der Waals surface area contributed by atoms with Gasteiger partial charge in [-0.2, -0.15) is 0 Å². The molecule has 2 bridgehead atoms. The molecule has 5 heteroatoms. The van der Waals surface area contributed by atoms with Crippen molar-refractivity contribution in [2.24, 2.45) is 5.41 Å². The van der Waals surface area contributed by atoms with Crippen molar-refractivity contribution in [2.45, 2.75) is 32.8 Å². The molecule has 1 saturated carbocycles. The van der Waals surface area contributed by atoms with Gasteiger partial charge in [-0.25, -0.2) is 0 Å². The molecule has 4 nitrogen and oxygen atoms in total. The van der Waals surface area contributed by atoms with Gasteiger partial charge in [-0.1, -0.05) is 40.2 Å². The summed E-state index contributed by atoms with van der Waals surface area (Å²) in [6.07, 6.45) is 9.46. The summed E-state index contributed by atoms with van der Waals surface area (Å²) in [4.78, 5) is 14.6. The number of halogens is 1. The van der Waals surface area contributed by atoms with Crippen LogP contribution in [0.5, 0.6) is 0 Å². The normalized spacial score (nSPS) is 21.5. The number of rotatable bonds is 6. The Hall–Kier alpha value is -2.11. The first kappa shape index (κ1) is 19.8. The van der Waals surface area contributed by atoms with E-state index in [-0.39, 0.29) is 11.4 Å². The predicted molar refractivity (Wildman–Crippen MR) is 120 cm³/mol. The molecular weight excluding hydrogens is 442 g/mol. The SMILES string of the molecule is COC(=O)C1(CN2CC3=CC(OCc4cccc(Br)c4C)=C4C=CC(=C3C4)C2)CC1. The zero-order valence-corrected chi connectivity index (χ0v) is 19.0. The molecule has 0 atom stereocenters. The van der Waals surface area contributed by atoms with Crippen molar-refractivity contribution in [2.75, 3.05) is 26.7 Å². The number of carbonyl (C=O) groups excluding carboxylic acids is 1. The Morgan fingerprint density at radius 1 is 1.20 bits per heavy atom. The van der Waals surface area contributed by atoms with Crippen LogP contribution >= 0.6 is 15.9 Å². The number of benzene rings is 1. The van der Waals surface area contributed by atoms with E-state index in [0.717, 1.165) is 49.1 Å². The Bertz CT molecular complexity index is 1040. The third-order valence-corrected chi connectivity index (χ3v) is 7.66. The number of carbonyl (C=O) groups is 1. The van der Waals surface area contributed by atoms with Crippen molar-refractivity contribution < 1.29 is 14.3 Å². The van der Waals surface area contributed by atoms with Gasteiger partial charge in [-0.05, 0) is 65.3 Å². The van der Waals surface area contributed by atoms with Gasteiger partial charge in [0.05, 0.1) is 12.5 Å². The van der Waals surface area contributed by atoms with E-state index in [0.29, 0.717) is 6.61 Å². The Morgan fingerprint density at radius 3 is 2.77 bits per heavy atom. The fraction of sp³-hybridized carbons (Fsp3) is 0.400. The van der Waals surface area contributed by atoms with Crippen molar-refractivity contribution in [1.29, 1.82) is 0 Å². The molecular formula is C25H26BrNO3. The lowest BCUT2D eigenvalue weighted by atomic mass is 9.81. The van der Waals surface area contributed by atoms with Gasteiger partial charge in [0, 0.05) is 30.5 Å². The van der Waals surface area contributed by atoms with Gasteiger partial charge < -0.3 is 9.47 Å². The van der Waals surface area contributed by atoms with Crippen molar-refractivity contribution in [3.8, 4) is 0 Å². The van der Waals surface area contributed by atoms with Gasteiger partial charge in [-0.15, -0.1) is 0 Å². The molecule has 1 aromatic rings. The summed E-state index contributed by atoms with van der Waals surface area (Å²) in [5, 5.41) is 0. The standard InChI is InChI=1S/C25H26BrNO3/c1-16-19(4-3-5-22(16)26)14-30-23-11-20-13-27(15-25(8-9-25)24(28)29-2)12-18-7-6-17(23)10-21(18)20/h3-7,11H,8-10,12-15H2,1-2H3. The van der Waals surface area contributed by atoms with E-state index in [4.69, 9.17) is 9.47 Å². The largest absolute Gasteiger partial charge is 0.489 e. The molecule has 0 N–H and O–H groups in total. The second-order valence-electron chi connectivity index (χ2n) is 8.80. The zero-order chi connectivity index (χ0) is 20.9. The molecule has 4 aliphatic rings. The summed E-state index contributed by atoms with van der Waals surface area (Å²) in [7, 11) is 1.50. The third-order valence-electron chi connectivity index (χ3n) is 6.80. The summed E-state index contributed by atoms with van der Waals surface area (Å²) in [5.74, 6) is 0.911. The average molecular weight is 468 g/mol. The van der Waals surface area contributed by atoms with Crippen LogP contribution in [0.2, 0.25) is 0 Å². The molecule has 30 heavy (non-hydrogen) atoms. The molecule has 1 fully saturated rings. The van der Waals surface area contributed by atoms with Crippen LogP contribution in [0.15, 0.2) is 69.0 Å². The Morgan fingerprint density at radius 2 is 2.00 bits per heavy atom. The quantitative estimate of drug-likeness (QED) is 0.552. The van der Waals surface area contributed by atoms with Crippen LogP contribution in [0, 0.1) is 12.3 Å². The predicted octanol–water partition coefficient (Wildman–Crippen LogP) is 4.99. The summed E-state index contributed by atoms with van der Waals surface area (Å²) < 4.78 is 12.5. The Labute approximate surface area is 186 Å². The first-order chi connectivity index (χ1) is 14.5. The minimum absolute atomic E-state index is 0.0605. The van der Waals surface area contributed by atoms with Crippen LogP contribution in [0.4, 0.5) is 0 Å². The molecule has 5 rings (SSSR count). The minimum Gasteiger partial charge on any atom is -0.489 e. The second-order valence-corrected chi connectivity index (χ2v) is 9.66. The van der Waals surface area contributed by atoms with Gasteiger partial charge in [0.25, 0.3) is 0 Å². The highest BCUT2D eigenvalue weighted by atomic mass is 79.9. The summed E-state index contributed by atoms with van der Waals surface area (Å²) in [5.41, 5.74) is 7.51. The smallest absolute Gasteiger partial charge is 0.313 e. The number of hydrogen-bond donors (Lipinski definition) is 0. The average Bonchev–Trinajstić information content (AvgIpc) is 3.53. The van der Waals surface area contributed by atoms with Gasteiger partial charge in [0.2, 0.25) is 0 Å². The third kappa shape index (κ3) is 3.48. The fourth-order valence-corrected chi connectivity index (χ4v) is 5.16.